The SMILES string of the molecule is CC(=O)N/N=C/c1c(C)cnn1C. The lowest BCUT2D eigenvalue weighted by Crippen LogP contribution is -2.13. The molecule has 0 fully saturated rings. The summed E-state index contributed by atoms with van der Waals surface area (Å²) in [6, 6.07) is 0. The first-order valence-electron chi connectivity index (χ1n) is 3.89. The highest BCUT2D eigenvalue weighted by Crippen LogP contribution is 2.00. The molecule has 0 radical (unpaired) electrons. The van der Waals surface area contributed by atoms with Gasteiger partial charge in [0.2, 0.25) is 5.91 Å². The summed E-state index contributed by atoms with van der Waals surface area (Å²) in [5, 5.41) is 7.78. The summed E-state index contributed by atoms with van der Waals surface area (Å²) >= 11 is 0. The second-order valence-electron chi connectivity index (χ2n) is 2.76. The predicted octanol–water partition coefficient (Wildman–Crippen LogP) is 0.199. The highest BCUT2D eigenvalue weighted by molar-refractivity contribution is 5.81. The van der Waals surface area contributed by atoms with Crippen molar-refractivity contribution in [1.29, 1.82) is 0 Å². The molecule has 1 amide bonds. The zero-order chi connectivity index (χ0) is 9.84. The average Bonchev–Trinajstić information content (AvgIpc) is 2.34. The summed E-state index contributed by atoms with van der Waals surface area (Å²) in [4.78, 5) is 10.5. The smallest absolute Gasteiger partial charge is 0.236 e. The van der Waals surface area contributed by atoms with Gasteiger partial charge in [-0.2, -0.15) is 10.2 Å². The molecule has 13 heavy (non-hydrogen) atoms. The van der Waals surface area contributed by atoms with E-state index < -0.39 is 0 Å². The van der Waals surface area contributed by atoms with Crippen LogP contribution in [0.5, 0.6) is 0 Å². The second-order valence-corrected chi connectivity index (χ2v) is 2.76. The Morgan fingerprint density at radius 2 is 2.46 bits per heavy atom. The molecule has 0 aliphatic rings. The highest BCUT2D eigenvalue weighted by Gasteiger charge is 1.99. The first-order chi connectivity index (χ1) is 6.11. The number of aryl methyl sites for hydroxylation is 2. The number of amides is 1. The third-order valence-corrected chi connectivity index (χ3v) is 1.59. The van der Waals surface area contributed by atoms with Crippen LogP contribution in [0.4, 0.5) is 0 Å². The first kappa shape index (κ1) is 9.44. The van der Waals surface area contributed by atoms with Crippen molar-refractivity contribution in [3.63, 3.8) is 0 Å². The van der Waals surface area contributed by atoms with Crippen LogP contribution in [0.3, 0.4) is 0 Å². The van der Waals surface area contributed by atoms with Crippen LogP contribution < -0.4 is 5.43 Å². The molecule has 0 aromatic carbocycles. The molecule has 1 heterocycles. The summed E-state index contributed by atoms with van der Waals surface area (Å²) in [7, 11) is 1.82. The normalized spacial score (nSPS) is 10.7. The lowest BCUT2D eigenvalue weighted by atomic mass is 10.3. The summed E-state index contributed by atoms with van der Waals surface area (Å²) in [5.74, 6) is -0.184. The van der Waals surface area contributed by atoms with Gasteiger partial charge in [-0.25, -0.2) is 5.43 Å². The largest absolute Gasteiger partial charge is 0.274 e. The molecule has 0 aliphatic carbocycles. The molecule has 1 aromatic rings. The molecule has 0 aliphatic heterocycles. The minimum atomic E-state index is -0.184. The van der Waals surface area contributed by atoms with Gasteiger partial charge in [-0.1, -0.05) is 0 Å². The van der Waals surface area contributed by atoms with Crippen molar-refractivity contribution in [1.82, 2.24) is 15.2 Å². The van der Waals surface area contributed by atoms with E-state index in [-0.39, 0.29) is 5.91 Å². The second kappa shape index (κ2) is 3.84. The van der Waals surface area contributed by atoms with Crippen LogP contribution in [0, 0.1) is 6.92 Å². The highest BCUT2D eigenvalue weighted by atomic mass is 16.2. The summed E-state index contributed by atoms with van der Waals surface area (Å²) < 4.78 is 1.70. The molecule has 5 heteroatoms. The molecule has 1 aromatic heterocycles. The van der Waals surface area contributed by atoms with Gasteiger partial charge < -0.3 is 0 Å². The van der Waals surface area contributed by atoms with E-state index in [1.54, 1.807) is 17.1 Å². The van der Waals surface area contributed by atoms with Crippen LogP contribution in [-0.2, 0) is 11.8 Å². The summed E-state index contributed by atoms with van der Waals surface area (Å²) in [5.41, 5.74) is 4.24. The Kier molecular flexibility index (Phi) is 2.79. The first-order valence-corrected chi connectivity index (χ1v) is 3.89. The van der Waals surface area contributed by atoms with E-state index in [9.17, 15) is 4.79 Å². The van der Waals surface area contributed by atoms with E-state index in [0.717, 1.165) is 11.3 Å². The number of aromatic nitrogens is 2. The van der Waals surface area contributed by atoms with Crippen LogP contribution in [0.25, 0.3) is 0 Å². The molecular formula is C8H12N4O. The molecule has 0 bridgehead atoms. The Hall–Kier alpha value is -1.65. The zero-order valence-corrected chi connectivity index (χ0v) is 7.90. The number of carbonyl (C=O) groups is 1. The lowest BCUT2D eigenvalue weighted by Gasteiger charge is -1.95. The van der Waals surface area contributed by atoms with E-state index in [1.807, 2.05) is 14.0 Å². The maximum absolute atomic E-state index is 10.5. The Labute approximate surface area is 76.4 Å². The minimum Gasteiger partial charge on any atom is -0.274 e. The molecule has 70 valence electrons. The molecule has 0 unspecified atom stereocenters. The van der Waals surface area contributed by atoms with Gasteiger partial charge in [0, 0.05) is 14.0 Å². The Morgan fingerprint density at radius 1 is 1.77 bits per heavy atom. The number of hydrogen-bond acceptors (Lipinski definition) is 3. The standard InChI is InChI=1S/C8H12N4O/c1-6-4-10-12(3)8(6)5-9-11-7(2)13/h4-5H,1-3H3,(H,11,13)/b9-5+. The van der Waals surface area contributed by atoms with Gasteiger partial charge in [0.1, 0.15) is 0 Å². The molecule has 0 saturated heterocycles. The molecule has 5 nitrogen and oxygen atoms in total. The van der Waals surface area contributed by atoms with Crippen molar-refractivity contribution in [2.45, 2.75) is 13.8 Å². The van der Waals surface area contributed by atoms with Crippen molar-refractivity contribution in [2.24, 2.45) is 12.1 Å². The third kappa shape index (κ3) is 2.40. The van der Waals surface area contributed by atoms with Crippen LogP contribution in [0.2, 0.25) is 0 Å². The fourth-order valence-electron chi connectivity index (χ4n) is 0.926. The number of hydrazone groups is 1. The topological polar surface area (TPSA) is 59.3 Å². The average molecular weight is 180 g/mol. The Morgan fingerprint density at radius 3 is 2.92 bits per heavy atom. The fraction of sp³-hybridized carbons (Fsp3) is 0.375. The van der Waals surface area contributed by atoms with Crippen molar-refractivity contribution < 1.29 is 4.79 Å². The summed E-state index contributed by atoms with van der Waals surface area (Å²) in [6.07, 6.45) is 3.32. The third-order valence-electron chi connectivity index (χ3n) is 1.59. The van der Waals surface area contributed by atoms with Crippen LogP contribution in [0.1, 0.15) is 18.2 Å². The number of nitrogens with zero attached hydrogens (tertiary/aromatic N) is 3. The van der Waals surface area contributed by atoms with Gasteiger partial charge in [0.05, 0.1) is 18.1 Å². The molecule has 0 saturated carbocycles. The van der Waals surface area contributed by atoms with Gasteiger partial charge in [-0.15, -0.1) is 0 Å². The predicted molar refractivity (Wildman–Crippen MR) is 49.4 cm³/mol. The van der Waals surface area contributed by atoms with E-state index in [0.29, 0.717) is 0 Å². The van der Waals surface area contributed by atoms with Gasteiger partial charge in [0.15, 0.2) is 0 Å². The van der Waals surface area contributed by atoms with Crippen LogP contribution >= 0.6 is 0 Å². The van der Waals surface area contributed by atoms with Gasteiger partial charge in [-0.05, 0) is 12.5 Å². The monoisotopic (exact) mass is 180 g/mol. The quantitative estimate of drug-likeness (QED) is 0.522. The number of nitrogens with one attached hydrogen (secondary N) is 1. The molecular weight excluding hydrogens is 168 g/mol. The number of hydrogen-bond donors (Lipinski definition) is 1. The van der Waals surface area contributed by atoms with Gasteiger partial charge in [0.25, 0.3) is 0 Å². The molecule has 1 rings (SSSR count). The van der Waals surface area contributed by atoms with Crippen molar-refractivity contribution in [2.75, 3.05) is 0 Å². The molecule has 0 atom stereocenters. The van der Waals surface area contributed by atoms with Gasteiger partial charge in [-0.3, -0.25) is 9.48 Å². The molecule has 0 spiro atoms. The number of rotatable bonds is 2. The summed E-state index contributed by atoms with van der Waals surface area (Å²) in [6.45, 7) is 3.34. The van der Waals surface area contributed by atoms with E-state index in [4.69, 9.17) is 0 Å². The Balaban J connectivity index is 2.73. The van der Waals surface area contributed by atoms with E-state index in [2.05, 4.69) is 15.6 Å². The fourth-order valence-corrected chi connectivity index (χ4v) is 0.926. The van der Waals surface area contributed by atoms with Gasteiger partial charge >= 0.3 is 0 Å². The maximum Gasteiger partial charge on any atom is 0.236 e. The van der Waals surface area contributed by atoms with E-state index >= 15 is 0 Å². The van der Waals surface area contributed by atoms with Crippen LogP contribution in [0.15, 0.2) is 11.3 Å². The van der Waals surface area contributed by atoms with Crippen LogP contribution in [-0.4, -0.2) is 21.9 Å². The van der Waals surface area contributed by atoms with Crippen molar-refractivity contribution in [3.05, 3.63) is 17.5 Å². The minimum absolute atomic E-state index is 0.184. The van der Waals surface area contributed by atoms with E-state index in [1.165, 1.54) is 6.92 Å². The molecule has 1 N–H and O–H groups in total. The number of carbonyl (C=O) groups excluding carboxylic acids is 1. The zero-order valence-electron chi connectivity index (χ0n) is 7.90. The maximum atomic E-state index is 10.5. The lowest BCUT2D eigenvalue weighted by molar-refractivity contribution is -0.118. The Bertz CT molecular complexity index is 320. The van der Waals surface area contributed by atoms with Crippen molar-refractivity contribution in [3.8, 4) is 0 Å². The van der Waals surface area contributed by atoms with Crippen molar-refractivity contribution >= 4 is 12.1 Å².